The van der Waals surface area contributed by atoms with Gasteiger partial charge in [0.2, 0.25) is 0 Å². The molecule has 0 unspecified atom stereocenters. The molecule has 0 fully saturated rings. The Labute approximate surface area is 166 Å². The minimum atomic E-state index is -2.61. The lowest BCUT2D eigenvalue weighted by atomic mass is 10.2. The van der Waals surface area contributed by atoms with E-state index in [0.717, 1.165) is 25.9 Å². The number of hydrogen-bond acceptors (Lipinski definition) is 8. The first-order valence-electron chi connectivity index (χ1n) is 8.99. The lowest BCUT2D eigenvalue weighted by Crippen LogP contribution is -2.44. The van der Waals surface area contributed by atoms with Crippen molar-refractivity contribution < 1.29 is 31.4 Å². The molecule has 0 rings (SSSR count). The minimum absolute atomic E-state index is 0.0393. The van der Waals surface area contributed by atoms with Crippen molar-refractivity contribution in [2.45, 2.75) is 31.9 Å². The summed E-state index contributed by atoms with van der Waals surface area (Å²) in [6.45, 7) is 7.27. The molecular weight excluding hydrogens is 386 g/mol. The van der Waals surface area contributed by atoms with Crippen molar-refractivity contribution in [3.63, 3.8) is 0 Å². The Balaban J connectivity index is 4.79. The molecule has 8 nitrogen and oxygen atoms in total. The summed E-state index contributed by atoms with van der Waals surface area (Å²) in [5, 5.41) is 0. The van der Waals surface area contributed by atoms with Gasteiger partial charge in [-0.1, -0.05) is 6.58 Å². The number of hydrogen-bond donors (Lipinski definition) is 0. The number of carbonyl (C=O) groups is 1. The van der Waals surface area contributed by atoms with Gasteiger partial charge in [0.1, 0.15) is 0 Å². The third-order valence-corrected chi connectivity index (χ3v) is 10.3. The molecule has 0 amide bonds. The Hall–Kier alpha value is -0.436. The van der Waals surface area contributed by atoms with Crippen molar-refractivity contribution in [3.05, 3.63) is 12.2 Å². The summed E-state index contributed by atoms with van der Waals surface area (Å²) in [4.78, 5) is 14.2. The maximum absolute atomic E-state index is 12.1. The predicted octanol–water partition coefficient (Wildman–Crippen LogP) is 1.97. The molecule has 0 saturated carbocycles. The van der Waals surface area contributed by atoms with Gasteiger partial charge < -0.3 is 26.6 Å². The molecule has 0 bridgehead atoms. The van der Waals surface area contributed by atoms with Gasteiger partial charge in [-0.25, -0.2) is 0 Å². The first-order valence-corrected chi connectivity index (χ1v) is 12.9. The smallest absolute Gasteiger partial charge is 0.377 e. The van der Waals surface area contributed by atoms with Crippen molar-refractivity contribution in [1.82, 2.24) is 4.90 Å². The molecule has 0 heterocycles. The van der Waals surface area contributed by atoms with E-state index in [1.165, 1.54) is 0 Å². The average Bonchev–Trinajstić information content (AvgIpc) is 2.69. The third-order valence-electron chi connectivity index (χ3n) is 4.62. The van der Waals surface area contributed by atoms with Crippen LogP contribution in [0.25, 0.3) is 0 Å². The number of ketones is 1. The summed E-state index contributed by atoms with van der Waals surface area (Å²) in [6, 6.07) is 1.36. The normalized spacial score (nSPS) is 12.6. The molecule has 0 atom stereocenters. The summed E-state index contributed by atoms with van der Waals surface area (Å²) in [5.74, 6) is 0.0393. The van der Waals surface area contributed by atoms with E-state index in [1.54, 1.807) is 49.6 Å². The molecule has 0 spiro atoms. The van der Waals surface area contributed by atoms with Gasteiger partial charge >= 0.3 is 17.6 Å². The average molecular weight is 424 g/mol. The lowest BCUT2D eigenvalue weighted by molar-refractivity contribution is -0.116. The molecule has 0 saturated heterocycles. The Kier molecular flexibility index (Phi) is 13.5. The van der Waals surface area contributed by atoms with E-state index in [2.05, 4.69) is 11.5 Å². The molecule has 10 heteroatoms. The number of rotatable bonds is 17. The van der Waals surface area contributed by atoms with E-state index in [1.807, 2.05) is 0 Å². The molecule has 0 aromatic heterocycles. The zero-order chi connectivity index (χ0) is 20.9. The van der Waals surface area contributed by atoms with Crippen LogP contribution in [0.2, 0.25) is 12.1 Å². The summed E-state index contributed by atoms with van der Waals surface area (Å²) in [5.41, 5.74) is 0.559. The van der Waals surface area contributed by atoms with Gasteiger partial charge in [-0.2, -0.15) is 0 Å². The van der Waals surface area contributed by atoms with Crippen molar-refractivity contribution in [2.75, 3.05) is 62.3 Å². The predicted molar refractivity (Wildman–Crippen MR) is 109 cm³/mol. The second-order valence-corrected chi connectivity index (χ2v) is 12.5. The van der Waals surface area contributed by atoms with Gasteiger partial charge in [0.05, 0.1) is 6.54 Å². The van der Waals surface area contributed by atoms with Crippen molar-refractivity contribution in [1.29, 1.82) is 0 Å². The minimum Gasteiger partial charge on any atom is -0.377 e. The molecule has 0 N–H and O–H groups in total. The molecule has 27 heavy (non-hydrogen) atoms. The van der Waals surface area contributed by atoms with Crippen molar-refractivity contribution >= 4 is 23.4 Å². The van der Waals surface area contributed by atoms with Crippen molar-refractivity contribution in [2.24, 2.45) is 0 Å². The fourth-order valence-corrected chi connectivity index (χ4v) is 6.17. The number of Topliss-reactive ketones (excluding diaryl/α,β-unsaturated/α-hetero) is 1. The molecule has 0 aliphatic carbocycles. The summed E-state index contributed by atoms with van der Waals surface area (Å²) in [7, 11) is 4.41. The topological polar surface area (TPSA) is 75.7 Å². The molecular formula is C17H37NO7Si2. The first-order chi connectivity index (χ1) is 12.8. The second kappa shape index (κ2) is 13.7. The number of nitrogens with zero attached hydrogens (tertiary/aromatic N) is 1. The largest absolute Gasteiger partial charge is 0.500 e. The standard InChI is InChI=1S/C17H37NO7Si2/c1-16(2)17(19)15-18(11-9-13-26(20-3,21-4)22-5)12-10-14-27(23-6,24-7)25-8/h1,9-15H2,2-8H3. The molecule has 160 valence electrons. The van der Waals surface area contributed by atoms with Crippen LogP contribution in [0.3, 0.4) is 0 Å². The molecule has 0 radical (unpaired) electrons. The lowest BCUT2D eigenvalue weighted by Gasteiger charge is -2.28. The summed E-state index contributed by atoms with van der Waals surface area (Å²) in [6.07, 6.45) is 1.60. The fourth-order valence-electron chi connectivity index (χ4n) is 2.76. The maximum atomic E-state index is 12.1. The second-order valence-electron chi connectivity index (χ2n) is 6.28. The quantitative estimate of drug-likeness (QED) is 0.260. The molecule has 0 aliphatic heterocycles. The van der Waals surface area contributed by atoms with Crippen LogP contribution in [0.5, 0.6) is 0 Å². The van der Waals surface area contributed by atoms with Gasteiger partial charge in [-0.3, -0.25) is 9.69 Å². The van der Waals surface area contributed by atoms with Gasteiger partial charge in [0.25, 0.3) is 0 Å². The Morgan fingerprint density at radius 1 is 0.778 bits per heavy atom. The van der Waals surface area contributed by atoms with Crippen LogP contribution in [-0.2, 0) is 31.4 Å². The highest BCUT2D eigenvalue weighted by molar-refractivity contribution is 6.60. The van der Waals surface area contributed by atoms with E-state index < -0.39 is 17.6 Å². The van der Waals surface area contributed by atoms with Crippen LogP contribution in [0.1, 0.15) is 19.8 Å². The van der Waals surface area contributed by atoms with E-state index in [0.29, 0.717) is 24.2 Å². The van der Waals surface area contributed by atoms with E-state index in [-0.39, 0.29) is 5.78 Å². The summed E-state index contributed by atoms with van der Waals surface area (Å²) >= 11 is 0. The van der Waals surface area contributed by atoms with Gasteiger partial charge in [0, 0.05) is 54.7 Å². The highest BCUT2D eigenvalue weighted by Gasteiger charge is 2.38. The van der Waals surface area contributed by atoms with E-state index in [4.69, 9.17) is 26.6 Å². The first kappa shape index (κ1) is 26.6. The van der Waals surface area contributed by atoms with E-state index >= 15 is 0 Å². The van der Waals surface area contributed by atoms with Crippen LogP contribution < -0.4 is 0 Å². The van der Waals surface area contributed by atoms with Crippen LogP contribution in [-0.4, -0.2) is 90.6 Å². The van der Waals surface area contributed by atoms with Crippen LogP contribution in [0, 0.1) is 0 Å². The van der Waals surface area contributed by atoms with Gasteiger partial charge in [-0.15, -0.1) is 0 Å². The monoisotopic (exact) mass is 423 g/mol. The summed E-state index contributed by atoms with van der Waals surface area (Å²) < 4.78 is 32.7. The molecule has 0 aromatic rings. The maximum Gasteiger partial charge on any atom is 0.500 e. The SMILES string of the molecule is C=C(C)C(=O)CN(CCC[Si](OC)(OC)OC)CCC[Si](OC)(OC)OC. The van der Waals surface area contributed by atoms with Crippen LogP contribution >= 0.6 is 0 Å². The fraction of sp³-hybridized carbons (Fsp3) is 0.824. The van der Waals surface area contributed by atoms with Crippen molar-refractivity contribution in [3.8, 4) is 0 Å². The molecule has 0 aliphatic rings. The number of carbonyl (C=O) groups excluding carboxylic acids is 1. The van der Waals surface area contributed by atoms with Crippen LogP contribution in [0.15, 0.2) is 12.2 Å². The highest BCUT2D eigenvalue weighted by atomic mass is 28.4. The van der Waals surface area contributed by atoms with E-state index in [9.17, 15) is 4.79 Å². The molecule has 0 aromatic carbocycles. The third kappa shape index (κ3) is 9.07. The highest BCUT2D eigenvalue weighted by Crippen LogP contribution is 2.18. The van der Waals surface area contributed by atoms with Gasteiger partial charge in [-0.05, 0) is 38.4 Å². The Bertz CT molecular complexity index is 400. The zero-order valence-electron chi connectivity index (χ0n) is 18.0. The van der Waals surface area contributed by atoms with Gasteiger partial charge in [0.15, 0.2) is 5.78 Å². The Morgan fingerprint density at radius 2 is 1.11 bits per heavy atom. The zero-order valence-corrected chi connectivity index (χ0v) is 20.0. The van der Waals surface area contributed by atoms with Crippen LogP contribution in [0.4, 0.5) is 0 Å². The Morgan fingerprint density at radius 3 is 1.37 bits per heavy atom.